The predicted octanol–water partition coefficient (Wildman–Crippen LogP) is 1.18. The number of rotatable bonds is 2. The molecular formula is C10H11NO4. The van der Waals surface area contributed by atoms with E-state index in [2.05, 4.69) is 5.32 Å². The summed E-state index contributed by atoms with van der Waals surface area (Å²) in [4.78, 5) is 10.9. The van der Waals surface area contributed by atoms with E-state index in [-0.39, 0.29) is 18.4 Å². The van der Waals surface area contributed by atoms with Crippen molar-refractivity contribution in [2.24, 2.45) is 0 Å². The van der Waals surface area contributed by atoms with Gasteiger partial charge >= 0.3 is 6.09 Å². The number of phenolic OH excluding ortho intramolecular Hbond substituents is 1. The van der Waals surface area contributed by atoms with E-state index < -0.39 is 6.09 Å². The summed E-state index contributed by atoms with van der Waals surface area (Å²) >= 11 is 0. The summed E-state index contributed by atoms with van der Waals surface area (Å²) in [5, 5.41) is 12.3. The molecule has 0 spiro atoms. The van der Waals surface area contributed by atoms with Gasteiger partial charge in [0.2, 0.25) is 0 Å². The van der Waals surface area contributed by atoms with Gasteiger partial charge in [-0.25, -0.2) is 4.79 Å². The van der Waals surface area contributed by atoms with Crippen LogP contribution in [-0.4, -0.2) is 24.9 Å². The number of carbonyl (C=O) groups is 1. The third-order valence-electron chi connectivity index (χ3n) is 2.28. The van der Waals surface area contributed by atoms with Crippen LogP contribution in [0.1, 0.15) is 11.6 Å². The van der Waals surface area contributed by atoms with Gasteiger partial charge in [0.1, 0.15) is 18.1 Å². The molecule has 1 saturated heterocycles. The summed E-state index contributed by atoms with van der Waals surface area (Å²) < 4.78 is 9.86. The number of aromatic hydroxyl groups is 1. The van der Waals surface area contributed by atoms with Crippen LogP contribution in [-0.2, 0) is 4.74 Å². The maximum Gasteiger partial charge on any atom is 0.407 e. The number of carbonyl (C=O) groups excluding carboxylic acids is 1. The average Bonchev–Trinajstić information content (AvgIpc) is 2.64. The zero-order chi connectivity index (χ0) is 10.8. The largest absolute Gasteiger partial charge is 0.507 e. The Morgan fingerprint density at radius 2 is 2.40 bits per heavy atom. The van der Waals surface area contributed by atoms with E-state index in [4.69, 9.17) is 9.47 Å². The molecule has 0 radical (unpaired) electrons. The Morgan fingerprint density at radius 1 is 1.60 bits per heavy atom. The monoisotopic (exact) mass is 209 g/mol. The number of alkyl carbamates (subject to hydrolysis) is 1. The summed E-state index contributed by atoms with van der Waals surface area (Å²) in [6.45, 7) is 0.201. The molecule has 0 bridgehead atoms. The van der Waals surface area contributed by atoms with Crippen molar-refractivity contribution >= 4 is 6.09 Å². The second-order valence-corrected chi connectivity index (χ2v) is 3.19. The number of hydrogen-bond acceptors (Lipinski definition) is 4. The van der Waals surface area contributed by atoms with E-state index in [1.807, 2.05) is 0 Å². The van der Waals surface area contributed by atoms with Crippen molar-refractivity contribution in [1.82, 2.24) is 5.32 Å². The lowest BCUT2D eigenvalue weighted by atomic mass is 10.1. The van der Waals surface area contributed by atoms with Gasteiger partial charge in [-0.3, -0.25) is 0 Å². The minimum absolute atomic E-state index is 0.0881. The normalized spacial score (nSPS) is 19.5. The molecule has 1 amide bonds. The lowest BCUT2D eigenvalue weighted by molar-refractivity contribution is 0.176. The lowest BCUT2D eigenvalue weighted by Crippen LogP contribution is -2.19. The van der Waals surface area contributed by atoms with E-state index in [9.17, 15) is 9.90 Å². The smallest absolute Gasteiger partial charge is 0.407 e. The standard InChI is InChI=1S/C10H11NO4/c1-14-8-4-2-3-7(12)9(8)6-5-15-10(13)11-6/h2-4,6,12H,5H2,1H3,(H,11,13)/t6-/m1/s1. The second kappa shape index (κ2) is 3.68. The Labute approximate surface area is 86.6 Å². The van der Waals surface area contributed by atoms with Crippen molar-refractivity contribution in [3.05, 3.63) is 23.8 Å². The van der Waals surface area contributed by atoms with Gasteiger partial charge in [0.05, 0.1) is 18.7 Å². The van der Waals surface area contributed by atoms with Gasteiger partial charge in [-0.2, -0.15) is 0 Å². The maximum absolute atomic E-state index is 10.9. The topological polar surface area (TPSA) is 67.8 Å². The Morgan fingerprint density at radius 3 is 3.00 bits per heavy atom. The molecule has 1 heterocycles. The summed E-state index contributed by atoms with van der Waals surface area (Å²) in [5.74, 6) is 0.621. The molecule has 1 aromatic carbocycles. The highest BCUT2D eigenvalue weighted by atomic mass is 16.6. The highest BCUT2D eigenvalue weighted by Gasteiger charge is 2.28. The summed E-state index contributed by atoms with van der Waals surface area (Å²) in [5.41, 5.74) is 0.547. The molecule has 1 aliphatic rings. The van der Waals surface area contributed by atoms with Gasteiger partial charge in [-0.15, -0.1) is 0 Å². The molecule has 2 N–H and O–H groups in total. The highest BCUT2D eigenvalue weighted by molar-refractivity contribution is 5.70. The first-order valence-corrected chi connectivity index (χ1v) is 4.51. The van der Waals surface area contributed by atoms with Gasteiger partial charge < -0.3 is 19.9 Å². The fraction of sp³-hybridized carbons (Fsp3) is 0.300. The number of cyclic esters (lactones) is 1. The van der Waals surface area contributed by atoms with Crippen LogP contribution in [0.2, 0.25) is 0 Å². The molecule has 5 nitrogen and oxygen atoms in total. The third-order valence-corrected chi connectivity index (χ3v) is 2.28. The SMILES string of the molecule is COc1cccc(O)c1[C@H]1COC(=O)N1. The minimum atomic E-state index is -0.481. The molecule has 80 valence electrons. The van der Waals surface area contributed by atoms with E-state index in [1.165, 1.54) is 7.11 Å². The van der Waals surface area contributed by atoms with E-state index in [1.54, 1.807) is 18.2 Å². The molecule has 1 fully saturated rings. The number of methoxy groups -OCH3 is 1. The van der Waals surface area contributed by atoms with Crippen LogP contribution in [0.3, 0.4) is 0 Å². The van der Waals surface area contributed by atoms with Crippen LogP contribution in [0.5, 0.6) is 11.5 Å². The van der Waals surface area contributed by atoms with Gasteiger partial charge in [0, 0.05) is 0 Å². The molecule has 15 heavy (non-hydrogen) atoms. The summed E-state index contributed by atoms with van der Waals surface area (Å²) in [6, 6.07) is 4.59. The molecular weight excluding hydrogens is 198 g/mol. The van der Waals surface area contributed by atoms with Gasteiger partial charge in [-0.1, -0.05) is 6.07 Å². The van der Waals surface area contributed by atoms with Gasteiger partial charge in [-0.05, 0) is 12.1 Å². The summed E-state index contributed by atoms with van der Waals surface area (Å²) in [7, 11) is 1.51. The maximum atomic E-state index is 10.9. The average molecular weight is 209 g/mol. The van der Waals surface area contributed by atoms with Crippen LogP contribution in [0.15, 0.2) is 18.2 Å². The van der Waals surface area contributed by atoms with Crippen molar-refractivity contribution in [1.29, 1.82) is 0 Å². The number of benzene rings is 1. The number of ether oxygens (including phenoxy) is 2. The van der Waals surface area contributed by atoms with Crippen LogP contribution < -0.4 is 10.1 Å². The zero-order valence-corrected chi connectivity index (χ0v) is 8.19. The fourth-order valence-electron chi connectivity index (χ4n) is 1.60. The predicted molar refractivity (Wildman–Crippen MR) is 51.9 cm³/mol. The number of hydrogen-bond donors (Lipinski definition) is 2. The quantitative estimate of drug-likeness (QED) is 0.767. The van der Waals surface area contributed by atoms with Gasteiger partial charge in [0.25, 0.3) is 0 Å². The van der Waals surface area contributed by atoms with E-state index in [0.717, 1.165) is 0 Å². The molecule has 0 aliphatic carbocycles. The van der Waals surface area contributed by atoms with Gasteiger partial charge in [0.15, 0.2) is 0 Å². The van der Waals surface area contributed by atoms with Crippen molar-refractivity contribution in [2.75, 3.05) is 13.7 Å². The first-order chi connectivity index (χ1) is 7.22. The Kier molecular flexibility index (Phi) is 2.37. The van der Waals surface area contributed by atoms with Crippen molar-refractivity contribution in [3.8, 4) is 11.5 Å². The number of phenols is 1. The number of amides is 1. The van der Waals surface area contributed by atoms with Crippen molar-refractivity contribution in [3.63, 3.8) is 0 Å². The van der Waals surface area contributed by atoms with Crippen molar-refractivity contribution in [2.45, 2.75) is 6.04 Å². The Bertz CT molecular complexity index is 391. The second-order valence-electron chi connectivity index (χ2n) is 3.19. The minimum Gasteiger partial charge on any atom is -0.507 e. The molecule has 0 aromatic heterocycles. The first kappa shape index (κ1) is 9.64. The Hall–Kier alpha value is -1.91. The lowest BCUT2D eigenvalue weighted by Gasteiger charge is -2.14. The molecule has 1 aliphatic heterocycles. The number of nitrogens with one attached hydrogen (secondary N) is 1. The molecule has 1 aromatic rings. The molecule has 1 atom stereocenters. The van der Waals surface area contributed by atoms with Crippen LogP contribution in [0.25, 0.3) is 0 Å². The molecule has 2 rings (SSSR count). The fourth-order valence-corrected chi connectivity index (χ4v) is 1.60. The summed E-state index contributed by atoms with van der Waals surface area (Å²) in [6.07, 6.45) is -0.481. The first-order valence-electron chi connectivity index (χ1n) is 4.51. The molecule has 0 saturated carbocycles. The Balaban J connectivity index is 2.37. The van der Waals surface area contributed by atoms with Crippen LogP contribution >= 0.6 is 0 Å². The molecule has 0 unspecified atom stereocenters. The van der Waals surface area contributed by atoms with E-state index in [0.29, 0.717) is 11.3 Å². The third kappa shape index (κ3) is 1.68. The molecule has 5 heteroatoms. The highest BCUT2D eigenvalue weighted by Crippen LogP contribution is 2.34. The van der Waals surface area contributed by atoms with Crippen molar-refractivity contribution < 1.29 is 19.4 Å². The zero-order valence-electron chi connectivity index (χ0n) is 8.19. The van der Waals surface area contributed by atoms with Crippen LogP contribution in [0, 0.1) is 0 Å². The van der Waals surface area contributed by atoms with E-state index >= 15 is 0 Å². The van der Waals surface area contributed by atoms with Crippen LogP contribution in [0.4, 0.5) is 4.79 Å².